The molecule has 0 bridgehead atoms. The summed E-state index contributed by atoms with van der Waals surface area (Å²) in [4.78, 5) is 0. The first-order chi connectivity index (χ1) is 11.1. The van der Waals surface area contributed by atoms with Crippen molar-refractivity contribution in [3.8, 4) is 5.75 Å². The third-order valence-electron chi connectivity index (χ3n) is 3.06. The number of hydrogen-bond donors (Lipinski definition) is 0. The minimum Gasteiger partial charge on any atom is -0.481 e. The Labute approximate surface area is 138 Å². The highest BCUT2D eigenvalue weighted by molar-refractivity contribution is 6.30. The molecule has 118 valence electrons. The Bertz CT molecular complexity index is 825. The molecular formula is C16H15ClN4O2. The van der Waals surface area contributed by atoms with Gasteiger partial charge in [0, 0.05) is 29.9 Å². The van der Waals surface area contributed by atoms with Crippen LogP contribution in [0.25, 0.3) is 12.2 Å². The fraction of sp³-hybridized carbons (Fsp3) is 0.188. The molecule has 2 heterocycles. The molecule has 0 aliphatic rings. The van der Waals surface area contributed by atoms with Crippen molar-refractivity contribution in [3.63, 3.8) is 0 Å². The van der Waals surface area contributed by atoms with Gasteiger partial charge < -0.3 is 9.15 Å². The first-order valence-electron chi connectivity index (χ1n) is 7.02. The topological polar surface area (TPSA) is 66.0 Å². The van der Waals surface area contributed by atoms with Crippen molar-refractivity contribution < 1.29 is 9.15 Å². The van der Waals surface area contributed by atoms with Gasteiger partial charge >= 0.3 is 0 Å². The minimum absolute atomic E-state index is 0.374. The Morgan fingerprint density at radius 3 is 2.91 bits per heavy atom. The Balaban J connectivity index is 1.67. The van der Waals surface area contributed by atoms with Gasteiger partial charge in [0.25, 0.3) is 5.89 Å². The SMILES string of the molecule is CC(Oc1cccc(Cl)c1)c1nnc(C=Cc2cnn(C)c2)o1. The summed E-state index contributed by atoms with van der Waals surface area (Å²) in [5.74, 6) is 1.46. The molecule has 0 N–H and O–H groups in total. The van der Waals surface area contributed by atoms with Gasteiger partial charge in [-0.15, -0.1) is 10.2 Å². The zero-order valence-electron chi connectivity index (χ0n) is 12.7. The number of rotatable bonds is 5. The van der Waals surface area contributed by atoms with Crippen LogP contribution in [0.1, 0.15) is 30.4 Å². The van der Waals surface area contributed by atoms with Crippen LogP contribution in [0.3, 0.4) is 0 Å². The number of hydrogen-bond acceptors (Lipinski definition) is 5. The Kier molecular flexibility index (Phi) is 4.43. The summed E-state index contributed by atoms with van der Waals surface area (Å²) in [5, 5.41) is 12.7. The van der Waals surface area contributed by atoms with Gasteiger partial charge in [-0.05, 0) is 31.2 Å². The molecule has 0 saturated carbocycles. The number of benzene rings is 1. The Morgan fingerprint density at radius 2 is 2.17 bits per heavy atom. The monoisotopic (exact) mass is 330 g/mol. The Hall–Kier alpha value is -2.60. The predicted octanol–water partition coefficient (Wildman–Crippen LogP) is 3.77. The molecule has 3 rings (SSSR count). The summed E-state index contributed by atoms with van der Waals surface area (Å²) in [6.07, 6.45) is 6.85. The van der Waals surface area contributed by atoms with Crippen LogP contribution in [0, 0.1) is 0 Å². The summed E-state index contributed by atoms with van der Waals surface area (Å²) < 4.78 is 13.0. The molecular weight excluding hydrogens is 316 g/mol. The van der Waals surface area contributed by atoms with Crippen LogP contribution >= 0.6 is 11.6 Å². The molecule has 3 aromatic rings. The van der Waals surface area contributed by atoms with Crippen LogP contribution in [-0.2, 0) is 7.05 Å². The molecule has 0 fully saturated rings. The second kappa shape index (κ2) is 6.66. The molecule has 0 aliphatic carbocycles. The maximum Gasteiger partial charge on any atom is 0.257 e. The van der Waals surface area contributed by atoms with E-state index in [9.17, 15) is 0 Å². The first kappa shape index (κ1) is 15.3. The number of aromatic nitrogens is 4. The molecule has 6 nitrogen and oxygen atoms in total. The zero-order valence-corrected chi connectivity index (χ0v) is 13.4. The lowest BCUT2D eigenvalue weighted by atomic mass is 10.3. The van der Waals surface area contributed by atoms with E-state index < -0.39 is 0 Å². The molecule has 23 heavy (non-hydrogen) atoms. The lowest BCUT2D eigenvalue weighted by molar-refractivity contribution is 0.188. The summed E-state index contributed by atoms with van der Waals surface area (Å²) >= 11 is 5.93. The summed E-state index contributed by atoms with van der Waals surface area (Å²) in [7, 11) is 1.86. The van der Waals surface area contributed by atoms with E-state index in [1.807, 2.05) is 38.4 Å². The highest BCUT2D eigenvalue weighted by atomic mass is 35.5. The number of aryl methyl sites for hydroxylation is 1. The predicted molar refractivity (Wildman–Crippen MR) is 86.9 cm³/mol. The third kappa shape index (κ3) is 3.98. The fourth-order valence-corrected chi connectivity index (χ4v) is 2.15. The largest absolute Gasteiger partial charge is 0.481 e. The summed E-state index contributed by atoms with van der Waals surface area (Å²) in [6, 6.07) is 7.16. The van der Waals surface area contributed by atoms with Gasteiger partial charge in [0.15, 0.2) is 6.10 Å². The first-order valence-corrected chi connectivity index (χ1v) is 7.40. The van der Waals surface area contributed by atoms with E-state index in [2.05, 4.69) is 15.3 Å². The van der Waals surface area contributed by atoms with E-state index in [1.54, 1.807) is 29.1 Å². The quantitative estimate of drug-likeness (QED) is 0.712. The lowest BCUT2D eigenvalue weighted by Gasteiger charge is -2.10. The van der Waals surface area contributed by atoms with Gasteiger partial charge in [0.05, 0.1) is 6.20 Å². The van der Waals surface area contributed by atoms with Crippen LogP contribution in [0.2, 0.25) is 5.02 Å². The van der Waals surface area contributed by atoms with Crippen LogP contribution in [-0.4, -0.2) is 20.0 Å². The van der Waals surface area contributed by atoms with Gasteiger partial charge in [-0.25, -0.2) is 0 Å². The normalized spacial score (nSPS) is 12.7. The number of ether oxygens (including phenoxy) is 1. The van der Waals surface area contributed by atoms with E-state index in [1.165, 1.54) is 0 Å². The van der Waals surface area contributed by atoms with Crippen molar-refractivity contribution in [1.82, 2.24) is 20.0 Å². The van der Waals surface area contributed by atoms with E-state index >= 15 is 0 Å². The summed E-state index contributed by atoms with van der Waals surface area (Å²) in [6.45, 7) is 1.84. The van der Waals surface area contributed by atoms with Crippen molar-refractivity contribution >= 4 is 23.8 Å². The highest BCUT2D eigenvalue weighted by Crippen LogP contribution is 2.23. The molecule has 1 aromatic carbocycles. The van der Waals surface area contributed by atoms with E-state index in [-0.39, 0.29) is 6.10 Å². The second-order valence-electron chi connectivity index (χ2n) is 4.98. The van der Waals surface area contributed by atoms with Crippen molar-refractivity contribution in [1.29, 1.82) is 0 Å². The zero-order chi connectivity index (χ0) is 16.2. The molecule has 2 aromatic heterocycles. The van der Waals surface area contributed by atoms with Gasteiger partial charge in [-0.2, -0.15) is 5.10 Å². The molecule has 0 saturated heterocycles. The average Bonchev–Trinajstić information content (AvgIpc) is 3.14. The van der Waals surface area contributed by atoms with E-state index in [4.69, 9.17) is 20.8 Å². The molecule has 1 atom stereocenters. The molecule has 0 radical (unpaired) electrons. The highest BCUT2D eigenvalue weighted by Gasteiger charge is 2.15. The fourth-order valence-electron chi connectivity index (χ4n) is 1.97. The van der Waals surface area contributed by atoms with Crippen molar-refractivity contribution in [2.24, 2.45) is 7.05 Å². The molecule has 1 unspecified atom stereocenters. The average molecular weight is 331 g/mol. The molecule has 0 amide bonds. The van der Waals surface area contributed by atoms with Crippen molar-refractivity contribution in [2.75, 3.05) is 0 Å². The maximum absolute atomic E-state index is 5.93. The van der Waals surface area contributed by atoms with Crippen LogP contribution in [0.15, 0.2) is 41.1 Å². The van der Waals surface area contributed by atoms with E-state index in [0.29, 0.717) is 22.6 Å². The van der Waals surface area contributed by atoms with E-state index in [0.717, 1.165) is 5.56 Å². The number of halogens is 1. The Morgan fingerprint density at radius 1 is 1.30 bits per heavy atom. The van der Waals surface area contributed by atoms with Crippen molar-refractivity contribution in [3.05, 3.63) is 59.0 Å². The molecule has 7 heteroatoms. The second-order valence-corrected chi connectivity index (χ2v) is 5.41. The molecule has 0 spiro atoms. The maximum atomic E-state index is 5.93. The van der Waals surface area contributed by atoms with Gasteiger partial charge in [-0.3, -0.25) is 4.68 Å². The van der Waals surface area contributed by atoms with Crippen LogP contribution < -0.4 is 4.74 Å². The van der Waals surface area contributed by atoms with Crippen LogP contribution in [0.4, 0.5) is 0 Å². The third-order valence-corrected chi connectivity index (χ3v) is 3.29. The minimum atomic E-state index is -0.374. The van der Waals surface area contributed by atoms with Crippen molar-refractivity contribution in [2.45, 2.75) is 13.0 Å². The summed E-state index contributed by atoms with van der Waals surface area (Å²) in [5.41, 5.74) is 0.954. The van der Waals surface area contributed by atoms with Gasteiger partial charge in [0.2, 0.25) is 5.89 Å². The molecule has 0 aliphatic heterocycles. The lowest BCUT2D eigenvalue weighted by Crippen LogP contribution is -2.03. The van der Waals surface area contributed by atoms with Gasteiger partial charge in [0.1, 0.15) is 5.75 Å². The smallest absolute Gasteiger partial charge is 0.257 e. The number of nitrogens with zero attached hydrogens (tertiary/aromatic N) is 4. The van der Waals surface area contributed by atoms with Gasteiger partial charge in [-0.1, -0.05) is 17.7 Å². The van der Waals surface area contributed by atoms with Crippen LogP contribution in [0.5, 0.6) is 5.75 Å². The standard InChI is InChI=1S/C16H15ClN4O2/c1-11(22-14-5-3-4-13(17)8-14)16-20-19-15(23-16)7-6-12-9-18-21(2)10-12/h3-11H,1-2H3.